The molecular weight excluding hydrogens is 641 g/mol. The van der Waals surface area contributed by atoms with Gasteiger partial charge in [-0.3, -0.25) is 13.9 Å². The van der Waals surface area contributed by atoms with Crippen molar-refractivity contribution in [1.29, 1.82) is 0 Å². The first kappa shape index (κ1) is 35.0. The van der Waals surface area contributed by atoms with Crippen molar-refractivity contribution in [3.05, 3.63) is 129 Å². The number of anilines is 1. The van der Waals surface area contributed by atoms with Gasteiger partial charge in [0.25, 0.3) is 10.0 Å². The first-order valence-electron chi connectivity index (χ1n) is 15.1. The zero-order chi connectivity index (χ0) is 33.4. The van der Waals surface area contributed by atoms with Crippen LogP contribution in [0.4, 0.5) is 5.69 Å². The summed E-state index contributed by atoms with van der Waals surface area (Å²) in [7, 11) is -4.19. The SMILES string of the molecule is Cc1cccc(N(CC(=O)N(Cc2ccc(Cl)c(Cl)c2)[C@@H](Cc2ccccc2)C(=O)NCC(C)C)S(=O)(=O)c2ccccc2)c1C. The van der Waals surface area contributed by atoms with Crippen LogP contribution in [0, 0.1) is 19.8 Å². The van der Waals surface area contributed by atoms with E-state index in [-0.39, 0.29) is 29.7 Å². The van der Waals surface area contributed by atoms with Gasteiger partial charge in [-0.25, -0.2) is 8.42 Å². The molecule has 0 unspecified atom stereocenters. The average Bonchev–Trinajstić information content (AvgIpc) is 3.04. The first-order valence-corrected chi connectivity index (χ1v) is 17.3. The fourth-order valence-electron chi connectivity index (χ4n) is 5.05. The number of nitrogens with one attached hydrogen (secondary N) is 1. The van der Waals surface area contributed by atoms with Gasteiger partial charge < -0.3 is 10.2 Å². The monoisotopic (exact) mass is 679 g/mol. The van der Waals surface area contributed by atoms with E-state index in [1.807, 2.05) is 64.1 Å². The summed E-state index contributed by atoms with van der Waals surface area (Å²) in [5, 5.41) is 3.65. The summed E-state index contributed by atoms with van der Waals surface area (Å²) in [6.45, 7) is 7.56. The second-order valence-corrected chi connectivity index (χ2v) is 14.3. The van der Waals surface area contributed by atoms with Crippen molar-refractivity contribution < 1.29 is 18.0 Å². The maximum Gasteiger partial charge on any atom is 0.264 e. The minimum Gasteiger partial charge on any atom is -0.354 e. The topological polar surface area (TPSA) is 86.8 Å². The van der Waals surface area contributed by atoms with Gasteiger partial charge in [-0.2, -0.15) is 0 Å². The van der Waals surface area contributed by atoms with E-state index in [4.69, 9.17) is 23.2 Å². The molecule has 0 heterocycles. The van der Waals surface area contributed by atoms with E-state index in [9.17, 15) is 18.0 Å². The second kappa shape index (κ2) is 15.6. The zero-order valence-corrected chi connectivity index (χ0v) is 28.7. The summed E-state index contributed by atoms with van der Waals surface area (Å²) >= 11 is 12.5. The van der Waals surface area contributed by atoms with Gasteiger partial charge in [-0.15, -0.1) is 0 Å². The Hall–Kier alpha value is -3.85. The number of amides is 2. The molecule has 4 rings (SSSR count). The average molecular weight is 681 g/mol. The van der Waals surface area contributed by atoms with Gasteiger partial charge in [0.2, 0.25) is 11.8 Å². The Balaban J connectivity index is 1.84. The molecule has 242 valence electrons. The van der Waals surface area contributed by atoms with E-state index in [1.54, 1.807) is 48.5 Å². The molecule has 0 radical (unpaired) electrons. The molecule has 0 aromatic heterocycles. The number of nitrogens with zero attached hydrogens (tertiary/aromatic N) is 2. The number of carbonyl (C=O) groups excluding carboxylic acids is 2. The highest BCUT2D eigenvalue weighted by molar-refractivity contribution is 7.92. The van der Waals surface area contributed by atoms with Gasteiger partial charge in [0, 0.05) is 19.5 Å². The summed E-state index contributed by atoms with van der Waals surface area (Å²) in [5.41, 5.74) is 3.47. The molecule has 1 N–H and O–H groups in total. The van der Waals surface area contributed by atoms with Gasteiger partial charge in [0.05, 0.1) is 20.6 Å². The standard InChI is InChI=1S/C36H39Cl2N3O4S/c1-25(2)22-39-36(43)34(21-28-13-7-5-8-14-28)40(23-29-18-19-31(37)32(38)20-29)35(42)24-41(33-17-11-12-26(3)27(33)4)46(44,45)30-15-9-6-10-16-30/h5-20,25,34H,21-24H2,1-4H3,(H,39,43)/t34-/m0/s1. The van der Waals surface area contributed by atoms with Crippen LogP contribution >= 0.6 is 23.2 Å². The van der Waals surface area contributed by atoms with Crippen LogP contribution in [0.3, 0.4) is 0 Å². The number of hydrogen-bond donors (Lipinski definition) is 1. The van der Waals surface area contributed by atoms with Gasteiger partial charge in [0.1, 0.15) is 12.6 Å². The first-order chi connectivity index (χ1) is 21.9. The largest absolute Gasteiger partial charge is 0.354 e. The van der Waals surface area contributed by atoms with Crippen molar-refractivity contribution in [3.8, 4) is 0 Å². The van der Waals surface area contributed by atoms with E-state index in [0.29, 0.717) is 27.8 Å². The lowest BCUT2D eigenvalue weighted by Crippen LogP contribution is -2.53. The number of sulfonamides is 1. The molecule has 2 amide bonds. The third-order valence-electron chi connectivity index (χ3n) is 7.75. The summed E-state index contributed by atoms with van der Waals surface area (Å²) in [6.07, 6.45) is 0.215. The van der Waals surface area contributed by atoms with Crippen LogP contribution < -0.4 is 9.62 Å². The van der Waals surface area contributed by atoms with Crippen molar-refractivity contribution in [2.75, 3.05) is 17.4 Å². The molecule has 0 fully saturated rings. The van der Waals surface area contributed by atoms with Crippen LogP contribution in [0.1, 0.15) is 36.1 Å². The van der Waals surface area contributed by atoms with Crippen molar-refractivity contribution in [2.45, 2.75) is 51.6 Å². The molecule has 0 aliphatic heterocycles. The summed E-state index contributed by atoms with van der Waals surface area (Å²) < 4.78 is 29.6. The smallest absolute Gasteiger partial charge is 0.264 e. The van der Waals surface area contributed by atoms with Crippen LogP contribution in [-0.4, -0.2) is 44.3 Å². The van der Waals surface area contributed by atoms with E-state index in [0.717, 1.165) is 21.0 Å². The van der Waals surface area contributed by atoms with Crippen LogP contribution in [0.15, 0.2) is 102 Å². The predicted octanol–water partition coefficient (Wildman–Crippen LogP) is 7.22. The summed E-state index contributed by atoms with van der Waals surface area (Å²) in [5.74, 6) is -0.710. The lowest BCUT2D eigenvalue weighted by Gasteiger charge is -2.34. The van der Waals surface area contributed by atoms with E-state index >= 15 is 0 Å². The maximum atomic E-state index is 14.6. The Morgan fingerprint density at radius 3 is 2.09 bits per heavy atom. The number of halogens is 2. The lowest BCUT2D eigenvalue weighted by molar-refractivity contribution is -0.140. The van der Waals surface area contributed by atoms with Gasteiger partial charge in [0.15, 0.2) is 0 Å². The lowest BCUT2D eigenvalue weighted by atomic mass is 10.0. The third kappa shape index (κ3) is 8.69. The number of hydrogen-bond acceptors (Lipinski definition) is 4. The third-order valence-corrected chi connectivity index (χ3v) is 10.3. The Labute approximate surface area is 282 Å². The molecule has 0 aliphatic rings. The van der Waals surface area contributed by atoms with Gasteiger partial charge in [-0.05, 0) is 72.4 Å². The normalized spacial score (nSPS) is 12.1. The number of aryl methyl sites for hydroxylation is 1. The summed E-state index contributed by atoms with van der Waals surface area (Å²) in [6, 6.07) is 26.9. The van der Waals surface area contributed by atoms with Crippen molar-refractivity contribution >= 4 is 50.7 Å². The van der Waals surface area contributed by atoms with Crippen LogP contribution in [0.2, 0.25) is 10.0 Å². The number of benzene rings is 4. The Bertz CT molecular complexity index is 1770. The fourth-order valence-corrected chi connectivity index (χ4v) is 6.86. The molecule has 10 heteroatoms. The number of carbonyl (C=O) groups is 2. The molecule has 46 heavy (non-hydrogen) atoms. The molecule has 0 saturated heterocycles. The minimum absolute atomic E-state index is 0.00561. The predicted molar refractivity (Wildman–Crippen MR) is 186 cm³/mol. The van der Waals surface area contributed by atoms with Gasteiger partial charge >= 0.3 is 0 Å². The molecule has 1 atom stereocenters. The second-order valence-electron chi connectivity index (χ2n) is 11.7. The highest BCUT2D eigenvalue weighted by Crippen LogP contribution is 2.30. The number of rotatable bonds is 13. The van der Waals surface area contributed by atoms with Crippen molar-refractivity contribution in [2.24, 2.45) is 5.92 Å². The van der Waals surface area contributed by atoms with E-state index in [1.165, 1.54) is 17.0 Å². The fraction of sp³-hybridized carbons (Fsp3) is 0.278. The molecular formula is C36H39Cl2N3O4S. The maximum absolute atomic E-state index is 14.6. The zero-order valence-electron chi connectivity index (χ0n) is 26.4. The molecule has 0 saturated carbocycles. The minimum atomic E-state index is -4.19. The van der Waals surface area contributed by atoms with Crippen LogP contribution in [0.25, 0.3) is 0 Å². The highest BCUT2D eigenvalue weighted by atomic mass is 35.5. The highest BCUT2D eigenvalue weighted by Gasteiger charge is 2.35. The van der Waals surface area contributed by atoms with Crippen LogP contribution in [0.5, 0.6) is 0 Å². The van der Waals surface area contributed by atoms with Gasteiger partial charge in [-0.1, -0.05) is 104 Å². The Kier molecular flexibility index (Phi) is 11.9. The molecule has 7 nitrogen and oxygen atoms in total. The van der Waals surface area contributed by atoms with Crippen LogP contribution in [-0.2, 0) is 32.6 Å². The molecule has 4 aromatic carbocycles. The molecule has 4 aromatic rings. The van der Waals surface area contributed by atoms with E-state index in [2.05, 4.69) is 5.32 Å². The molecule has 0 bridgehead atoms. The quantitative estimate of drug-likeness (QED) is 0.162. The Morgan fingerprint density at radius 1 is 0.804 bits per heavy atom. The van der Waals surface area contributed by atoms with E-state index < -0.39 is 28.5 Å². The molecule has 0 spiro atoms. The van der Waals surface area contributed by atoms with Crippen molar-refractivity contribution in [1.82, 2.24) is 10.2 Å². The summed E-state index contributed by atoms with van der Waals surface area (Å²) in [4.78, 5) is 30.0. The van der Waals surface area contributed by atoms with Crippen molar-refractivity contribution in [3.63, 3.8) is 0 Å². The Morgan fingerprint density at radius 2 is 1.46 bits per heavy atom. The molecule has 0 aliphatic carbocycles.